The van der Waals surface area contributed by atoms with E-state index in [1.807, 2.05) is 17.5 Å². The predicted molar refractivity (Wildman–Crippen MR) is 98.6 cm³/mol. The van der Waals surface area contributed by atoms with Crippen molar-refractivity contribution in [3.05, 3.63) is 52.5 Å². The van der Waals surface area contributed by atoms with E-state index in [9.17, 15) is 4.79 Å². The second kappa shape index (κ2) is 6.92. The van der Waals surface area contributed by atoms with Crippen molar-refractivity contribution >= 4 is 23.4 Å². The van der Waals surface area contributed by atoms with Crippen LogP contribution < -0.4 is 0 Å². The van der Waals surface area contributed by atoms with Crippen molar-refractivity contribution < 1.29 is 14.1 Å². The summed E-state index contributed by atoms with van der Waals surface area (Å²) in [6.45, 7) is 4.14. The number of nitrogens with zero attached hydrogens (tertiary/aromatic N) is 3. The Labute approximate surface area is 155 Å². The van der Waals surface area contributed by atoms with E-state index in [0.29, 0.717) is 11.9 Å². The highest BCUT2D eigenvalue weighted by atomic mass is 32.1. The Morgan fingerprint density at radius 2 is 2.31 bits per heavy atom. The van der Waals surface area contributed by atoms with E-state index in [1.165, 1.54) is 41.6 Å². The topological polar surface area (TPSA) is 70.2 Å². The molecule has 0 bridgehead atoms. The minimum Gasteiger partial charge on any atom is -0.452 e. The van der Waals surface area contributed by atoms with Gasteiger partial charge >= 0.3 is 5.97 Å². The summed E-state index contributed by atoms with van der Waals surface area (Å²) in [5.41, 5.74) is 3.46. The third-order valence-corrected chi connectivity index (χ3v) is 5.25. The summed E-state index contributed by atoms with van der Waals surface area (Å²) in [4.78, 5) is 17.1. The molecule has 134 valence electrons. The quantitative estimate of drug-likeness (QED) is 0.478. The van der Waals surface area contributed by atoms with Crippen LogP contribution in [-0.2, 0) is 16.1 Å². The number of hydrogen-bond acceptors (Lipinski definition) is 6. The molecule has 0 amide bonds. The van der Waals surface area contributed by atoms with Crippen molar-refractivity contribution in [2.75, 3.05) is 0 Å². The molecule has 0 saturated heterocycles. The summed E-state index contributed by atoms with van der Waals surface area (Å²) < 4.78 is 12.6. The first kappa shape index (κ1) is 16.8. The van der Waals surface area contributed by atoms with Crippen LogP contribution in [0, 0.1) is 13.8 Å². The SMILES string of the molecule is Cc1cc(/C=C/C(=O)OCc2nc(-c3cccs3)no2)c(C)n1C1CC1. The van der Waals surface area contributed by atoms with Gasteiger partial charge in [-0.1, -0.05) is 11.2 Å². The Balaban J connectivity index is 1.36. The molecule has 0 aliphatic heterocycles. The van der Waals surface area contributed by atoms with Gasteiger partial charge in [0.25, 0.3) is 5.89 Å². The van der Waals surface area contributed by atoms with Crippen LogP contribution in [0.15, 0.2) is 34.2 Å². The number of aryl methyl sites for hydroxylation is 1. The largest absolute Gasteiger partial charge is 0.452 e. The van der Waals surface area contributed by atoms with Gasteiger partial charge in [-0.05, 0) is 55.8 Å². The molecule has 4 rings (SSSR count). The molecule has 0 N–H and O–H groups in total. The molecule has 0 spiro atoms. The first-order chi connectivity index (χ1) is 12.6. The van der Waals surface area contributed by atoms with Gasteiger partial charge in [0.2, 0.25) is 5.82 Å². The number of hydrogen-bond donors (Lipinski definition) is 0. The molecule has 0 unspecified atom stereocenters. The van der Waals surface area contributed by atoms with Crippen LogP contribution in [0.3, 0.4) is 0 Å². The number of esters is 1. The molecular weight excluding hydrogens is 350 g/mol. The molecule has 3 heterocycles. The van der Waals surface area contributed by atoms with Crippen LogP contribution in [0.2, 0.25) is 0 Å². The average Bonchev–Trinajstić information content (AvgIpc) is 3.03. The monoisotopic (exact) mass is 369 g/mol. The van der Waals surface area contributed by atoms with Gasteiger partial charge < -0.3 is 13.8 Å². The summed E-state index contributed by atoms with van der Waals surface area (Å²) in [5, 5.41) is 5.83. The Bertz CT molecular complexity index is 949. The number of thiophene rings is 1. The highest BCUT2D eigenvalue weighted by Crippen LogP contribution is 2.38. The highest BCUT2D eigenvalue weighted by molar-refractivity contribution is 7.13. The summed E-state index contributed by atoms with van der Waals surface area (Å²) in [6.07, 6.45) is 5.71. The molecule has 1 aliphatic rings. The van der Waals surface area contributed by atoms with Gasteiger partial charge in [0.15, 0.2) is 6.61 Å². The van der Waals surface area contributed by atoms with Gasteiger partial charge in [-0.2, -0.15) is 4.98 Å². The van der Waals surface area contributed by atoms with E-state index in [1.54, 1.807) is 6.08 Å². The average molecular weight is 369 g/mol. The van der Waals surface area contributed by atoms with Gasteiger partial charge in [0.1, 0.15) is 0 Å². The molecule has 0 aromatic carbocycles. The number of aromatic nitrogens is 3. The van der Waals surface area contributed by atoms with E-state index < -0.39 is 5.97 Å². The number of rotatable bonds is 6. The minimum absolute atomic E-state index is 0.0390. The summed E-state index contributed by atoms with van der Waals surface area (Å²) >= 11 is 1.52. The maximum atomic E-state index is 12.0. The second-order valence-electron chi connectivity index (χ2n) is 6.36. The van der Waals surface area contributed by atoms with Gasteiger partial charge in [-0.3, -0.25) is 0 Å². The Morgan fingerprint density at radius 3 is 3.04 bits per heavy atom. The molecule has 1 fully saturated rings. The van der Waals surface area contributed by atoms with Crippen LogP contribution >= 0.6 is 11.3 Å². The Hall–Kier alpha value is -2.67. The third-order valence-electron chi connectivity index (χ3n) is 4.38. The molecule has 0 atom stereocenters. The highest BCUT2D eigenvalue weighted by Gasteiger charge is 2.26. The lowest BCUT2D eigenvalue weighted by Crippen LogP contribution is -2.01. The van der Waals surface area contributed by atoms with Crippen molar-refractivity contribution in [1.29, 1.82) is 0 Å². The van der Waals surface area contributed by atoms with Crippen molar-refractivity contribution in [1.82, 2.24) is 14.7 Å². The minimum atomic E-state index is -0.433. The molecule has 6 nitrogen and oxygen atoms in total. The third kappa shape index (κ3) is 3.48. The number of carbonyl (C=O) groups is 1. The number of ether oxygens (including phenoxy) is 1. The Morgan fingerprint density at radius 1 is 1.46 bits per heavy atom. The van der Waals surface area contributed by atoms with E-state index in [4.69, 9.17) is 9.26 Å². The summed E-state index contributed by atoms with van der Waals surface area (Å²) in [6, 6.07) is 6.55. The fourth-order valence-electron chi connectivity index (χ4n) is 3.02. The summed E-state index contributed by atoms with van der Waals surface area (Å²) in [7, 11) is 0. The first-order valence-electron chi connectivity index (χ1n) is 8.51. The van der Waals surface area contributed by atoms with Crippen LogP contribution in [0.1, 0.15) is 41.7 Å². The number of carbonyl (C=O) groups excluding carboxylic acids is 1. The van der Waals surface area contributed by atoms with Crippen LogP contribution in [0.25, 0.3) is 16.8 Å². The van der Waals surface area contributed by atoms with E-state index in [2.05, 4.69) is 34.6 Å². The van der Waals surface area contributed by atoms with Gasteiger partial charge in [0, 0.05) is 23.5 Å². The van der Waals surface area contributed by atoms with Crippen LogP contribution in [0.5, 0.6) is 0 Å². The molecule has 1 aliphatic carbocycles. The maximum Gasteiger partial charge on any atom is 0.331 e. The first-order valence-corrected chi connectivity index (χ1v) is 9.39. The van der Waals surface area contributed by atoms with E-state index in [-0.39, 0.29) is 12.5 Å². The van der Waals surface area contributed by atoms with Crippen molar-refractivity contribution in [3.63, 3.8) is 0 Å². The predicted octanol–water partition coefficient (Wildman–Crippen LogP) is 4.31. The van der Waals surface area contributed by atoms with Crippen molar-refractivity contribution in [3.8, 4) is 10.7 Å². The molecule has 7 heteroatoms. The van der Waals surface area contributed by atoms with Crippen molar-refractivity contribution in [2.24, 2.45) is 0 Å². The summed E-state index contributed by atoms with van der Waals surface area (Å²) in [5.74, 6) is 0.355. The molecule has 1 saturated carbocycles. The lowest BCUT2D eigenvalue weighted by atomic mass is 10.2. The zero-order chi connectivity index (χ0) is 18.1. The van der Waals surface area contributed by atoms with E-state index in [0.717, 1.165) is 10.4 Å². The van der Waals surface area contributed by atoms with E-state index >= 15 is 0 Å². The lowest BCUT2D eigenvalue weighted by Gasteiger charge is -2.06. The molecule has 3 aromatic heterocycles. The molecule has 26 heavy (non-hydrogen) atoms. The van der Waals surface area contributed by atoms with Crippen LogP contribution in [-0.4, -0.2) is 20.7 Å². The van der Waals surface area contributed by atoms with Crippen molar-refractivity contribution in [2.45, 2.75) is 39.3 Å². The molecule has 3 aromatic rings. The standard InChI is InChI=1S/C19H19N3O3S/c1-12-10-14(13(2)22(12)15-6-7-15)5-8-18(23)24-11-17-20-19(21-25-17)16-4-3-9-26-16/h3-5,8-10,15H,6-7,11H2,1-2H3/b8-5+. The van der Waals surface area contributed by atoms with Gasteiger partial charge in [0.05, 0.1) is 4.88 Å². The zero-order valence-corrected chi connectivity index (χ0v) is 15.5. The Kier molecular flexibility index (Phi) is 4.46. The molecular formula is C19H19N3O3S. The fraction of sp³-hybridized carbons (Fsp3) is 0.316. The normalized spacial score (nSPS) is 14.2. The van der Waals surface area contributed by atoms with Gasteiger partial charge in [-0.15, -0.1) is 11.3 Å². The smallest absolute Gasteiger partial charge is 0.331 e. The van der Waals surface area contributed by atoms with Crippen LogP contribution in [0.4, 0.5) is 0 Å². The van der Waals surface area contributed by atoms with Gasteiger partial charge in [-0.25, -0.2) is 4.79 Å². The second-order valence-corrected chi connectivity index (χ2v) is 7.31. The maximum absolute atomic E-state index is 12.0. The lowest BCUT2D eigenvalue weighted by molar-refractivity contribution is -0.139. The fourth-order valence-corrected chi connectivity index (χ4v) is 3.67. The zero-order valence-electron chi connectivity index (χ0n) is 14.6. The molecule has 0 radical (unpaired) electrons.